The number of fused-ring (bicyclic) bond motifs is 1. The highest BCUT2D eigenvalue weighted by molar-refractivity contribution is 6.04. The van der Waals surface area contributed by atoms with Gasteiger partial charge in [0.25, 0.3) is 5.91 Å². The molecule has 0 fully saturated rings. The van der Waals surface area contributed by atoms with Crippen molar-refractivity contribution in [3.63, 3.8) is 0 Å². The zero-order chi connectivity index (χ0) is 13.1. The SMILES string of the molecule is COCC(=O)N1C[C@@H](C)C(=O)Nc2ccccc21. The number of carbonyl (C=O) groups excluding carboxylic acids is 2. The van der Waals surface area contributed by atoms with E-state index < -0.39 is 0 Å². The highest BCUT2D eigenvalue weighted by Crippen LogP contribution is 2.29. The quantitative estimate of drug-likeness (QED) is 0.857. The van der Waals surface area contributed by atoms with Gasteiger partial charge in [0.05, 0.1) is 17.3 Å². The van der Waals surface area contributed by atoms with Gasteiger partial charge in [-0.2, -0.15) is 0 Å². The van der Waals surface area contributed by atoms with Crippen LogP contribution in [0.1, 0.15) is 6.92 Å². The van der Waals surface area contributed by atoms with E-state index in [1.807, 2.05) is 18.2 Å². The lowest BCUT2D eigenvalue weighted by Gasteiger charge is -2.23. The zero-order valence-electron chi connectivity index (χ0n) is 10.5. The molecule has 1 aliphatic rings. The predicted octanol–water partition coefficient (Wildman–Crippen LogP) is 1.25. The Morgan fingerprint density at radius 2 is 2.22 bits per heavy atom. The fraction of sp³-hybridized carbons (Fsp3) is 0.385. The Balaban J connectivity index is 2.39. The Bertz CT molecular complexity index is 473. The Labute approximate surface area is 106 Å². The van der Waals surface area contributed by atoms with Crippen LogP contribution in [-0.2, 0) is 14.3 Å². The topological polar surface area (TPSA) is 58.6 Å². The molecule has 96 valence electrons. The molecule has 5 nitrogen and oxygen atoms in total. The number of nitrogens with one attached hydrogen (secondary N) is 1. The van der Waals surface area contributed by atoms with Crippen LogP contribution in [0.4, 0.5) is 11.4 Å². The molecule has 0 unspecified atom stereocenters. The highest BCUT2D eigenvalue weighted by atomic mass is 16.5. The molecule has 1 atom stereocenters. The standard InChI is InChI=1S/C13H16N2O3/c1-9-7-15(12(16)8-18-2)11-6-4-3-5-10(11)14-13(9)17/h3-6,9H,7-8H2,1-2H3,(H,14,17)/t9-/m1/s1. The third-order valence-electron chi connectivity index (χ3n) is 2.93. The van der Waals surface area contributed by atoms with Crippen molar-refractivity contribution in [2.75, 3.05) is 30.5 Å². The van der Waals surface area contributed by atoms with E-state index in [2.05, 4.69) is 5.32 Å². The van der Waals surface area contributed by atoms with Crippen molar-refractivity contribution in [3.8, 4) is 0 Å². The lowest BCUT2D eigenvalue weighted by molar-refractivity contribution is -0.122. The first kappa shape index (κ1) is 12.6. The second-order valence-electron chi connectivity index (χ2n) is 4.34. The maximum Gasteiger partial charge on any atom is 0.253 e. The van der Waals surface area contributed by atoms with E-state index in [9.17, 15) is 9.59 Å². The number of carbonyl (C=O) groups is 2. The summed E-state index contributed by atoms with van der Waals surface area (Å²) >= 11 is 0. The van der Waals surface area contributed by atoms with Crippen molar-refractivity contribution in [2.24, 2.45) is 5.92 Å². The van der Waals surface area contributed by atoms with E-state index in [4.69, 9.17) is 4.74 Å². The maximum absolute atomic E-state index is 12.0. The lowest BCUT2D eigenvalue weighted by Crippen LogP contribution is -2.37. The number of nitrogens with zero attached hydrogens (tertiary/aromatic N) is 1. The van der Waals surface area contributed by atoms with Gasteiger partial charge < -0.3 is 15.0 Å². The zero-order valence-corrected chi connectivity index (χ0v) is 10.5. The summed E-state index contributed by atoms with van der Waals surface area (Å²) in [7, 11) is 1.48. The van der Waals surface area contributed by atoms with Crippen molar-refractivity contribution < 1.29 is 14.3 Å². The van der Waals surface area contributed by atoms with Gasteiger partial charge >= 0.3 is 0 Å². The van der Waals surface area contributed by atoms with Gasteiger partial charge in [-0.25, -0.2) is 0 Å². The van der Waals surface area contributed by atoms with Gasteiger partial charge in [-0.05, 0) is 12.1 Å². The molecule has 0 aliphatic carbocycles. The Morgan fingerprint density at radius 3 is 2.94 bits per heavy atom. The number of ether oxygens (including phenoxy) is 1. The van der Waals surface area contributed by atoms with Crippen molar-refractivity contribution >= 4 is 23.2 Å². The molecule has 0 spiro atoms. The molecule has 1 aromatic carbocycles. The van der Waals surface area contributed by atoms with Gasteiger partial charge in [0.1, 0.15) is 6.61 Å². The monoisotopic (exact) mass is 248 g/mol. The number of hydrogen-bond donors (Lipinski definition) is 1. The summed E-state index contributed by atoms with van der Waals surface area (Å²) in [4.78, 5) is 25.4. The van der Waals surface area contributed by atoms with Gasteiger partial charge in [0.2, 0.25) is 5.91 Å². The average Bonchev–Trinajstić information content (AvgIpc) is 2.48. The molecule has 0 radical (unpaired) electrons. The second-order valence-corrected chi connectivity index (χ2v) is 4.34. The average molecular weight is 248 g/mol. The summed E-state index contributed by atoms with van der Waals surface area (Å²) in [5.74, 6) is -0.471. The van der Waals surface area contributed by atoms with Crippen LogP contribution < -0.4 is 10.2 Å². The maximum atomic E-state index is 12.0. The summed E-state index contributed by atoms with van der Waals surface area (Å²) in [6, 6.07) is 7.28. The highest BCUT2D eigenvalue weighted by Gasteiger charge is 2.28. The molecule has 1 N–H and O–H groups in total. The molecule has 2 amide bonds. The second kappa shape index (κ2) is 5.18. The van der Waals surface area contributed by atoms with Gasteiger partial charge in [-0.1, -0.05) is 19.1 Å². The minimum absolute atomic E-state index is 0.00917. The van der Waals surface area contributed by atoms with Crippen molar-refractivity contribution in [2.45, 2.75) is 6.92 Å². The number of amides is 2. The molecule has 5 heteroatoms. The third-order valence-corrected chi connectivity index (χ3v) is 2.93. The number of rotatable bonds is 2. The smallest absolute Gasteiger partial charge is 0.253 e. The van der Waals surface area contributed by atoms with Gasteiger partial charge in [0.15, 0.2) is 0 Å². The van der Waals surface area contributed by atoms with Crippen LogP contribution in [0.15, 0.2) is 24.3 Å². The molecule has 2 rings (SSSR count). The molecule has 0 bridgehead atoms. The van der Waals surface area contributed by atoms with E-state index in [0.717, 1.165) is 5.69 Å². The van der Waals surface area contributed by atoms with Gasteiger partial charge in [0, 0.05) is 13.7 Å². The largest absolute Gasteiger partial charge is 0.375 e. The van der Waals surface area contributed by atoms with Gasteiger partial charge in [-0.3, -0.25) is 9.59 Å². The molecule has 0 saturated carbocycles. The first-order chi connectivity index (χ1) is 8.63. The molecule has 18 heavy (non-hydrogen) atoms. The molecule has 1 aromatic rings. The van der Waals surface area contributed by atoms with Crippen molar-refractivity contribution in [1.82, 2.24) is 0 Å². The number of benzene rings is 1. The van der Waals surface area contributed by atoms with E-state index in [-0.39, 0.29) is 24.3 Å². The minimum Gasteiger partial charge on any atom is -0.375 e. The van der Waals surface area contributed by atoms with Crippen molar-refractivity contribution in [1.29, 1.82) is 0 Å². The van der Waals surface area contributed by atoms with Crippen LogP contribution in [-0.4, -0.2) is 32.1 Å². The van der Waals surface area contributed by atoms with Crippen LogP contribution in [0.5, 0.6) is 0 Å². The first-order valence-corrected chi connectivity index (χ1v) is 5.82. The van der Waals surface area contributed by atoms with Crippen molar-refractivity contribution in [3.05, 3.63) is 24.3 Å². The Hall–Kier alpha value is -1.88. The Kier molecular flexibility index (Phi) is 3.62. The van der Waals surface area contributed by atoms with E-state index in [0.29, 0.717) is 12.2 Å². The molecule has 0 aromatic heterocycles. The fourth-order valence-electron chi connectivity index (χ4n) is 1.96. The fourth-order valence-corrected chi connectivity index (χ4v) is 1.96. The van der Waals surface area contributed by atoms with Crippen LogP contribution in [0.3, 0.4) is 0 Å². The molecule has 1 aliphatic heterocycles. The predicted molar refractivity (Wildman–Crippen MR) is 68.5 cm³/mol. The number of para-hydroxylation sites is 2. The number of anilines is 2. The van der Waals surface area contributed by atoms with E-state index >= 15 is 0 Å². The molecule has 0 saturated heterocycles. The van der Waals surface area contributed by atoms with Crippen LogP contribution in [0.25, 0.3) is 0 Å². The first-order valence-electron chi connectivity index (χ1n) is 5.82. The summed E-state index contributed by atoms with van der Waals surface area (Å²) in [6.45, 7) is 2.18. The summed E-state index contributed by atoms with van der Waals surface area (Å²) in [5.41, 5.74) is 1.38. The van der Waals surface area contributed by atoms with E-state index in [1.54, 1.807) is 17.9 Å². The number of methoxy groups -OCH3 is 1. The number of hydrogen-bond acceptors (Lipinski definition) is 3. The van der Waals surface area contributed by atoms with E-state index in [1.165, 1.54) is 7.11 Å². The van der Waals surface area contributed by atoms with Gasteiger partial charge in [-0.15, -0.1) is 0 Å². The van der Waals surface area contributed by atoms with Crippen LogP contribution >= 0.6 is 0 Å². The molecular weight excluding hydrogens is 232 g/mol. The third kappa shape index (κ3) is 2.36. The minimum atomic E-state index is -0.252. The Morgan fingerprint density at radius 1 is 1.50 bits per heavy atom. The molecule has 1 heterocycles. The summed E-state index contributed by atoms with van der Waals surface area (Å²) in [6.07, 6.45) is 0. The normalized spacial score (nSPS) is 18.9. The molecular formula is C13H16N2O3. The summed E-state index contributed by atoms with van der Waals surface area (Å²) in [5, 5.41) is 2.83. The van der Waals surface area contributed by atoms with Crippen LogP contribution in [0.2, 0.25) is 0 Å². The van der Waals surface area contributed by atoms with Crippen LogP contribution in [0, 0.1) is 5.92 Å². The summed E-state index contributed by atoms with van der Waals surface area (Å²) < 4.78 is 4.88. The lowest BCUT2D eigenvalue weighted by atomic mass is 10.1.